The van der Waals surface area contributed by atoms with Crippen molar-refractivity contribution in [2.45, 2.75) is 32.2 Å². The van der Waals surface area contributed by atoms with Crippen LogP contribution in [-0.2, 0) is 6.54 Å². The van der Waals surface area contributed by atoms with Crippen molar-refractivity contribution in [2.75, 3.05) is 18.0 Å². The molecule has 0 bridgehead atoms. The summed E-state index contributed by atoms with van der Waals surface area (Å²) in [6.45, 7) is 3.48. The van der Waals surface area contributed by atoms with Gasteiger partial charge in [0.05, 0.1) is 23.7 Å². The van der Waals surface area contributed by atoms with Gasteiger partial charge in [-0.3, -0.25) is 15.1 Å². The summed E-state index contributed by atoms with van der Waals surface area (Å²) in [5.41, 5.74) is 0.827. The van der Waals surface area contributed by atoms with E-state index >= 15 is 0 Å². The highest BCUT2D eigenvalue weighted by atomic mass is 19.1. The zero-order valence-electron chi connectivity index (χ0n) is 16.7. The summed E-state index contributed by atoms with van der Waals surface area (Å²) >= 11 is 0. The monoisotopic (exact) mass is 429 g/mol. The molecule has 1 fully saturated rings. The minimum atomic E-state index is -0.641. The molecule has 0 saturated carbocycles. The number of nitrogens with zero attached hydrogens (tertiary/aromatic N) is 5. The maximum absolute atomic E-state index is 14.7. The number of benzene rings is 1. The van der Waals surface area contributed by atoms with Crippen LogP contribution in [0.5, 0.6) is 0 Å². The van der Waals surface area contributed by atoms with Crippen LogP contribution in [0.1, 0.15) is 37.3 Å². The molecule has 0 spiro atoms. The fraction of sp³-hybridized carbons (Fsp3) is 0.350. The third-order valence-corrected chi connectivity index (χ3v) is 5.17. The normalized spacial score (nSPS) is 15.1. The van der Waals surface area contributed by atoms with E-state index in [-0.39, 0.29) is 17.6 Å². The molecule has 1 aliphatic heterocycles. The standard InChI is InChI=1S/C20H20FN5O5/c1-2-25-20(27)31-19(23-25)13-7-9-24(10-8-13)17-5-3-14(11-16(17)21)22-12-15-4-6-18(30-15)26(28)29/h3-6,11-13H,2,7-10H2,1H3/b22-12+. The van der Waals surface area contributed by atoms with Crippen molar-refractivity contribution in [2.24, 2.45) is 4.99 Å². The average Bonchev–Trinajstić information content (AvgIpc) is 3.39. The largest absolute Gasteiger partial charge is 0.437 e. The third kappa shape index (κ3) is 4.39. The Balaban J connectivity index is 1.40. The van der Waals surface area contributed by atoms with Gasteiger partial charge in [0.15, 0.2) is 5.76 Å². The fourth-order valence-electron chi connectivity index (χ4n) is 3.53. The van der Waals surface area contributed by atoms with E-state index in [2.05, 4.69) is 10.1 Å². The van der Waals surface area contributed by atoms with Crippen molar-refractivity contribution in [3.05, 3.63) is 68.5 Å². The number of hydrogen-bond donors (Lipinski definition) is 0. The smallest absolute Gasteiger partial charge is 0.400 e. The van der Waals surface area contributed by atoms with E-state index in [0.717, 1.165) is 0 Å². The molecule has 2 aromatic heterocycles. The molecule has 0 atom stereocenters. The Labute approximate surface area is 175 Å². The van der Waals surface area contributed by atoms with Gasteiger partial charge in [0.2, 0.25) is 5.89 Å². The molecule has 0 amide bonds. The van der Waals surface area contributed by atoms with E-state index in [1.165, 1.54) is 29.1 Å². The first kappa shape index (κ1) is 20.5. The third-order valence-electron chi connectivity index (χ3n) is 5.17. The van der Waals surface area contributed by atoms with E-state index in [9.17, 15) is 19.3 Å². The van der Waals surface area contributed by atoms with E-state index in [0.29, 0.717) is 49.7 Å². The fourth-order valence-corrected chi connectivity index (χ4v) is 3.53. The van der Waals surface area contributed by atoms with Gasteiger partial charge in [0.1, 0.15) is 10.7 Å². The number of furan rings is 1. The molecule has 162 valence electrons. The number of anilines is 1. The number of hydrogen-bond acceptors (Lipinski definition) is 8. The first-order valence-electron chi connectivity index (χ1n) is 9.85. The summed E-state index contributed by atoms with van der Waals surface area (Å²) in [6, 6.07) is 7.27. The maximum Gasteiger partial charge on any atom is 0.437 e. The van der Waals surface area contributed by atoms with Crippen molar-refractivity contribution in [1.29, 1.82) is 0 Å². The Kier molecular flexibility index (Phi) is 5.65. The molecule has 11 heteroatoms. The summed E-state index contributed by atoms with van der Waals surface area (Å²) in [6.07, 6.45) is 2.69. The Morgan fingerprint density at radius 1 is 1.29 bits per heavy atom. The van der Waals surface area contributed by atoms with E-state index < -0.39 is 16.5 Å². The van der Waals surface area contributed by atoms with Crippen molar-refractivity contribution in [3.63, 3.8) is 0 Å². The van der Waals surface area contributed by atoms with Gasteiger partial charge in [-0.15, -0.1) is 5.10 Å². The molecule has 1 saturated heterocycles. The molecule has 0 N–H and O–H groups in total. The molecule has 3 heterocycles. The number of piperidine rings is 1. The summed E-state index contributed by atoms with van der Waals surface area (Å²) in [4.78, 5) is 27.7. The molecule has 31 heavy (non-hydrogen) atoms. The minimum absolute atomic E-state index is 0.0287. The second-order valence-corrected chi connectivity index (χ2v) is 7.11. The van der Waals surface area contributed by atoms with Crippen LogP contribution in [0.4, 0.5) is 21.6 Å². The van der Waals surface area contributed by atoms with Gasteiger partial charge >= 0.3 is 11.6 Å². The van der Waals surface area contributed by atoms with Crippen LogP contribution in [-0.4, -0.2) is 34.0 Å². The quantitative estimate of drug-likeness (QED) is 0.333. The highest BCUT2D eigenvalue weighted by Crippen LogP contribution is 2.31. The lowest BCUT2D eigenvalue weighted by Crippen LogP contribution is -2.33. The predicted molar refractivity (Wildman–Crippen MR) is 110 cm³/mol. The van der Waals surface area contributed by atoms with Crippen molar-refractivity contribution in [3.8, 4) is 0 Å². The lowest BCUT2D eigenvalue weighted by atomic mass is 9.96. The van der Waals surface area contributed by atoms with E-state index in [1.54, 1.807) is 12.1 Å². The van der Waals surface area contributed by atoms with Crippen LogP contribution in [0.25, 0.3) is 0 Å². The molecule has 0 unspecified atom stereocenters. The van der Waals surface area contributed by atoms with Gasteiger partial charge in [0.25, 0.3) is 0 Å². The number of aromatic nitrogens is 2. The second-order valence-electron chi connectivity index (χ2n) is 7.11. The number of aliphatic imine (C=N–C) groups is 1. The summed E-state index contributed by atoms with van der Waals surface area (Å²) in [5.74, 6) is -0.579. The first-order chi connectivity index (χ1) is 14.9. The van der Waals surface area contributed by atoms with Crippen LogP contribution < -0.4 is 10.7 Å². The predicted octanol–water partition coefficient (Wildman–Crippen LogP) is 3.63. The first-order valence-corrected chi connectivity index (χ1v) is 9.85. The van der Waals surface area contributed by atoms with Crippen molar-refractivity contribution < 1.29 is 18.1 Å². The Hall–Kier alpha value is -3.76. The Morgan fingerprint density at radius 3 is 2.68 bits per heavy atom. The van der Waals surface area contributed by atoms with E-state index in [4.69, 9.17) is 8.83 Å². The second kappa shape index (κ2) is 8.54. The molecule has 1 aliphatic rings. The number of nitro groups is 1. The van der Waals surface area contributed by atoms with E-state index in [1.807, 2.05) is 11.8 Å². The van der Waals surface area contributed by atoms with Crippen molar-refractivity contribution in [1.82, 2.24) is 9.78 Å². The SMILES string of the molecule is CCn1nc(C2CCN(c3ccc(/N=C/c4ccc([N+](=O)[O-])o4)cc3F)CC2)oc1=O. The topological polar surface area (TPSA) is 120 Å². The van der Waals surface area contributed by atoms with Crippen LogP contribution in [0.15, 0.2) is 49.0 Å². The summed E-state index contributed by atoms with van der Waals surface area (Å²) in [7, 11) is 0. The molecule has 0 radical (unpaired) electrons. The zero-order valence-corrected chi connectivity index (χ0v) is 16.7. The molecular formula is C20H20FN5O5. The molecule has 10 nitrogen and oxygen atoms in total. The minimum Gasteiger partial charge on any atom is -0.400 e. The van der Waals surface area contributed by atoms with Crippen LogP contribution in [0, 0.1) is 15.9 Å². The van der Waals surface area contributed by atoms with Gasteiger partial charge in [-0.25, -0.2) is 9.18 Å². The van der Waals surface area contributed by atoms with Crippen LogP contribution in [0.3, 0.4) is 0 Å². The number of aryl methyl sites for hydroxylation is 1. The zero-order chi connectivity index (χ0) is 22.0. The van der Waals surface area contributed by atoms with Crippen LogP contribution in [0.2, 0.25) is 0 Å². The molecular weight excluding hydrogens is 409 g/mol. The van der Waals surface area contributed by atoms with Gasteiger partial charge in [-0.1, -0.05) is 0 Å². The molecule has 0 aliphatic carbocycles. The number of rotatable bonds is 6. The van der Waals surface area contributed by atoms with Crippen molar-refractivity contribution >= 4 is 23.5 Å². The van der Waals surface area contributed by atoms with Gasteiger partial charge < -0.3 is 13.7 Å². The maximum atomic E-state index is 14.7. The molecule has 3 aromatic rings. The lowest BCUT2D eigenvalue weighted by Gasteiger charge is -2.32. The molecule has 4 rings (SSSR count). The number of halogens is 1. The molecule has 1 aromatic carbocycles. The highest BCUT2D eigenvalue weighted by Gasteiger charge is 2.26. The van der Waals surface area contributed by atoms with Gasteiger partial charge in [-0.05, 0) is 38.0 Å². The Bertz CT molecular complexity index is 1170. The average molecular weight is 429 g/mol. The van der Waals surface area contributed by atoms with Gasteiger partial charge in [-0.2, -0.15) is 4.68 Å². The van der Waals surface area contributed by atoms with Crippen LogP contribution >= 0.6 is 0 Å². The highest BCUT2D eigenvalue weighted by molar-refractivity contribution is 5.79. The lowest BCUT2D eigenvalue weighted by molar-refractivity contribution is -0.402. The van der Waals surface area contributed by atoms with Gasteiger partial charge in [0, 0.05) is 31.6 Å². The Morgan fingerprint density at radius 2 is 2.06 bits per heavy atom. The summed E-state index contributed by atoms with van der Waals surface area (Å²) < 4.78 is 26.2. The summed E-state index contributed by atoms with van der Waals surface area (Å²) in [5, 5.41) is 14.9.